The largest absolute Gasteiger partial charge is 0.461 e. The number of rotatable bonds is 5. The topological polar surface area (TPSA) is 26.3 Å². The van der Waals surface area contributed by atoms with Gasteiger partial charge < -0.3 is 9.22 Å². The van der Waals surface area contributed by atoms with Crippen molar-refractivity contribution >= 4 is 17.7 Å². The number of hydrogen-bond acceptors (Lipinski definition) is 3. The summed E-state index contributed by atoms with van der Waals surface area (Å²) in [6, 6.07) is 8.57. The molecule has 1 aliphatic carbocycles. The van der Waals surface area contributed by atoms with Crippen molar-refractivity contribution in [1.29, 1.82) is 0 Å². The summed E-state index contributed by atoms with van der Waals surface area (Å²) in [7, 11) is 4.52. The molecule has 2 aliphatic rings. The summed E-state index contributed by atoms with van der Waals surface area (Å²) >= 11 is 1.74. The van der Waals surface area contributed by atoms with Crippen LogP contribution in [-0.2, 0) is 14.9 Å². The van der Waals surface area contributed by atoms with Gasteiger partial charge in [-0.05, 0) is 49.6 Å². The highest BCUT2D eigenvalue weighted by atomic mass is 32.2. The van der Waals surface area contributed by atoms with Crippen LogP contribution in [0.4, 0.5) is 0 Å². The Morgan fingerprint density at radius 3 is 2.19 bits per heavy atom. The zero-order valence-corrected chi connectivity index (χ0v) is 17.6. The number of thioether (sulfide) groups is 1. The molecule has 1 atom stereocenters. The SMILES string of the molecule is CSc1ccc(C(C)(C(=O)OC2CC[N+](C)(C)CC2)C2CCCC2)cc1. The van der Waals surface area contributed by atoms with Gasteiger partial charge in [0.25, 0.3) is 0 Å². The number of esters is 1. The standard InChI is InChI=1S/C22H34NO2S/c1-22(17-7-5-6-8-17,18-9-11-20(26-4)12-10-18)21(24)25-19-13-15-23(2,3)16-14-19/h9-12,17,19H,5-8,13-16H2,1-4H3/q+1. The molecule has 0 spiro atoms. The van der Waals surface area contributed by atoms with Gasteiger partial charge in [0.05, 0.1) is 32.6 Å². The first-order chi connectivity index (χ1) is 12.3. The summed E-state index contributed by atoms with van der Waals surface area (Å²) in [4.78, 5) is 14.6. The quantitative estimate of drug-likeness (QED) is 0.425. The number of quaternary nitrogens is 1. The predicted octanol–water partition coefficient (Wildman–Crippen LogP) is 4.64. The van der Waals surface area contributed by atoms with E-state index in [1.807, 2.05) is 0 Å². The normalized spacial score (nSPS) is 23.5. The van der Waals surface area contributed by atoms with E-state index in [0.29, 0.717) is 5.92 Å². The van der Waals surface area contributed by atoms with Gasteiger partial charge in [0.1, 0.15) is 6.10 Å². The molecule has 3 nitrogen and oxygen atoms in total. The van der Waals surface area contributed by atoms with E-state index in [4.69, 9.17) is 4.74 Å². The molecule has 4 heteroatoms. The Hall–Kier alpha value is -1.00. The molecule has 0 bridgehead atoms. The van der Waals surface area contributed by atoms with Crippen LogP contribution in [-0.4, -0.2) is 50.0 Å². The Morgan fingerprint density at radius 1 is 1.08 bits per heavy atom. The fourth-order valence-electron chi connectivity index (χ4n) is 4.60. The number of nitrogens with zero attached hydrogens (tertiary/aromatic N) is 1. The van der Waals surface area contributed by atoms with Crippen LogP contribution >= 0.6 is 11.8 Å². The van der Waals surface area contributed by atoms with Crippen LogP contribution in [0.2, 0.25) is 0 Å². The zero-order valence-electron chi connectivity index (χ0n) is 16.8. The molecule has 0 aromatic heterocycles. The van der Waals surface area contributed by atoms with Gasteiger partial charge in [-0.1, -0.05) is 25.0 Å². The van der Waals surface area contributed by atoms with Gasteiger partial charge in [-0.3, -0.25) is 4.79 Å². The summed E-state index contributed by atoms with van der Waals surface area (Å²) in [5.41, 5.74) is 0.606. The lowest BCUT2D eigenvalue weighted by Crippen LogP contribution is -2.50. The molecule has 1 aliphatic heterocycles. The fraction of sp³-hybridized carbons (Fsp3) is 0.682. The van der Waals surface area contributed by atoms with Gasteiger partial charge in [-0.2, -0.15) is 0 Å². The molecule has 2 fully saturated rings. The van der Waals surface area contributed by atoms with E-state index in [-0.39, 0.29) is 12.1 Å². The number of ether oxygens (including phenoxy) is 1. The minimum absolute atomic E-state index is 0.00138. The third-order valence-electron chi connectivity index (χ3n) is 6.67. The third kappa shape index (κ3) is 4.12. The molecule has 1 aromatic carbocycles. The minimum Gasteiger partial charge on any atom is -0.461 e. The van der Waals surface area contributed by atoms with E-state index in [0.717, 1.165) is 48.8 Å². The lowest BCUT2D eigenvalue weighted by atomic mass is 9.71. The summed E-state index contributed by atoms with van der Waals surface area (Å²) in [5, 5.41) is 0. The molecule has 1 heterocycles. The molecule has 0 N–H and O–H groups in total. The molecular formula is C22H34NO2S+. The van der Waals surface area contributed by atoms with Crippen LogP contribution in [0.25, 0.3) is 0 Å². The van der Waals surface area contributed by atoms with Crippen LogP contribution in [0.1, 0.15) is 51.0 Å². The van der Waals surface area contributed by atoms with Gasteiger partial charge >= 0.3 is 5.97 Å². The smallest absolute Gasteiger partial charge is 0.316 e. The molecule has 0 radical (unpaired) electrons. The van der Waals surface area contributed by atoms with Crippen molar-refractivity contribution in [3.05, 3.63) is 29.8 Å². The highest BCUT2D eigenvalue weighted by Gasteiger charge is 2.46. The first-order valence-electron chi connectivity index (χ1n) is 10.0. The van der Waals surface area contributed by atoms with Crippen molar-refractivity contribution in [3.63, 3.8) is 0 Å². The lowest BCUT2D eigenvalue weighted by molar-refractivity contribution is -0.896. The molecule has 26 heavy (non-hydrogen) atoms. The molecular weight excluding hydrogens is 342 g/mol. The molecule has 144 valence electrons. The van der Waals surface area contributed by atoms with Gasteiger partial charge in [0.2, 0.25) is 0 Å². The monoisotopic (exact) mass is 376 g/mol. The number of carbonyl (C=O) groups excluding carboxylic acids is 1. The first-order valence-corrected chi connectivity index (χ1v) is 11.3. The summed E-state index contributed by atoms with van der Waals surface area (Å²) in [6.45, 7) is 4.29. The van der Waals surface area contributed by atoms with Crippen molar-refractivity contribution in [2.24, 2.45) is 5.92 Å². The highest BCUT2D eigenvalue weighted by Crippen LogP contribution is 2.44. The Kier molecular flexibility index (Phi) is 6.03. The average molecular weight is 377 g/mol. The Balaban J connectivity index is 1.79. The van der Waals surface area contributed by atoms with Gasteiger partial charge in [-0.25, -0.2) is 0 Å². The van der Waals surface area contributed by atoms with Crippen molar-refractivity contribution in [2.45, 2.75) is 61.9 Å². The van der Waals surface area contributed by atoms with Crippen LogP contribution in [0.3, 0.4) is 0 Å². The lowest BCUT2D eigenvalue weighted by Gasteiger charge is -2.39. The van der Waals surface area contributed by atoms with E-state index in [9.17, 15) is 4.79 Å². The maximum Gasteiger partial charge on any atom is 0.316 e. The van der Waals surface area contributed by atoms with Crippen LogP contribution in [0.5, 0.6) is 0 Å². The van der Waals surface area contributed by atoms with Crippen LogP contribution < -0.4 is 0 Å². The summed E-state index contributed by atoms with van der Waals surface area (Å²) < 4.78 is 7.15. The molecule has 3 rings (SSSR count). The second-order valence-electron chi connectivity index (χ2n) is 8.90. The number of carbonyl (C=O) groups is 1. The zero-order chi connectivity index (χ0) is 18.8. The van der Waals surface area contributed by atoms with Gasteiger partial charge in [-0.15, -0.1) is 11.8 Å². The fourth-order valence-corrected chi connectivity index (χ4v) is 5.00. The molecule has 1 aromatic rings. The number of likely N-dealkylation sites (tertiary alicyclic amines) is 1. The van der Waals surface area contributed by atoms with Crippen molar-refractivity contribution in [1.82, 2.24) is 0 Å². The molecule has 0 amide bonds. The van der Waals surface area contributed by atoms with Gasteiger partial charge in [0.15, 0.2) is 0 Å². The maximum atomic E-state index is 13.4. The maximum absolute atomic E-state index is 13.4. The Labute approximate surface area is 163 Å². The third-order valence-corrected chi connectivity index (χ3v) is 7.42. The van der Waals surface area contributed by atoms with E-state index in [1.54, 1.807) is 11.8 Å². The van der Waals surface area contributed by atoms with Crippen LogP contribution in [0.15, 0.2) is 29.2 Å². The summed E-state index contributed by atoms with van der Waals surface area (Å²) in [6.07, 6.45) is 8.84. The van der Waals surface area contributed by atoms with E-state index < -0.39 is 5.41 Å². The predicted molar refractivity (Wildman–Crippen MR) is 108 cm³/mol. The first kappa shape index (κ1) is 19.8. The molecule has 1 saturated carbocycles. The van der Waals surface area contributed by atoms with Crippen molar-refractivity contribution in [2.75, 3.05) is 33.4 Å². The number of piperidine rings is 1. The van der Waals surface area contributed by atoms with E-state index >= 15 is 0 Å². The number of benzene rings is 1. The second kappa shape index (κ2) is 7.93. The average Bonchev–Trinajstić information content (AvgIpc) is 3.18. The minimum atomic E-state index is -0.519. The van der Waals surface area contributed by atoms with Crippen molar-refractivity contribution in [3.8, 4) is 0 Å². The van der Waals surface area contributed by atoms with E-state index in [2.05, 4.69) is 51.5 Å². The Morgan fingerprint density at radius 2 is 1.65 bits per heavy atom. The van der Waals surface area contributed by atoms with Crippen LogP contribution in [0, 0.1) is 5.92 Å². The highest BCUT2D eigenvalue weighted by molar-refractivity contribution is 7.98. The van der Waals surface area contributed by atoms with E-state index in [1.165, 1.54) is 17.7 Å². The Bertz CT molecular complexity index is 612. The molecule has 1 saturated heterocycles. The van der Waals surface area contributed by atoms with Gasteiger partial charge in [0, 0.05) is 17.7 Å². The van der Waals surface area contributed by atoms with Crippen molar-refractivity contribution < 1.29 is 14.0 Å². The number of hydrogen-bond donors (Lipinski definition) is 0. The molecule has 1 unspecified atom stereocenters. The second-order valence-corrected chi connectivity index (χ2v) is 9.78. The summed E-state index contributed by atoms with van der Waals surface area (Å²) in [5.74, 6) is 0.393.